The molecule has 0 aromatic heterocycles. The van der Waals surface area contributed by atoms with Crippen molar-refractivity contribution in [3.8, 4) is 11.5 Å². The van der Waals surface area contributed by atoms with Crippen molar-refractivity contribution < 1.29 is 23.9 Å². The van der Waals surface area contributed by atoms with Gasteiger partial charge in [-0.25, -0.2) is 4.39 Å². The average Bonchev–Trinajstić information content (AvgIpc) is 3.38. The summed E-state index contributed by atoms with van der Waals surface area (Å²) in [5.74, 6) is -0.244. The lowest BCUT2D eigenvalue weighted by atomic mass is 10.0. The Morgan fingerprint density at radius 1 is 1.06 bits per heavy atom. The Balaban J connectivity index is 0.000000170. The predicted molar refractivity (Wildman–Crippen MR) is 138 cm³/mol. The Kier molecular flexibility index (Phi) is 8.61. The molecule has 0 radical (unpaired) electrons. The van der Waals surface area contributed by atoms with Gasteiger partial charge < -0.3 is 25.3 Å². The number of hydrogen-bond acceptors (Lipinski definition) is 6. The topological polar surface area (TPSA) is 97.4 Å². The molecule has 2 aliphatic rings. The van der Waals surface area contributed by atoms with Crippen LogP contribution >= 0.6 is 11.6 Å². The number of nitrogens with zero attached hydrogens (tertiary/aromatic N) is 2. The maximum absolute atomic E-state index is 13.8. The van der Waals surface area contributed by atoms with Gasteiger partial charge in [0.05, 0.1) is 0 Å². The van der Waals surface area contributed by atoms with E-state index < -0.39 is 5.91 Å². The number of rotatable bonds is 6. The zero-order valence-corrected chi connectivity index (χ0v) is 20.6. The normalized spacial score (nSPS) is 15.4. The van der Waals surface area contributed by atoms with Crippen LogP contribution in [0.1, 0.15) is 30.4 Å². The van der Waals surface area contributed by atoms with Gasteiger partial charge in [0.2, 0.25) is 0 Å². The van der Waals surface area contributed by atoms with Gasteiger partial charge in [-0.05, 0) is 92.0 Å². The molecule has 1 saturated heterocycles. The smallest absolute Gasteiger partial charge is 0.271 e. The highest BCUT2D eigenvalue weighted by molar-refractivity contribution is 6.45. The molecule has 0 atom stereocenters. The van der Waals surface area contributed by atoms with Gasteiger partial charge in [0, 0.05) is 10.6 Å². The van der Waals surface area contributed by atoms with E-state index in [1.165, 1.54) is 25.9 Å². The third-order valence-electron chi connectivity index (χ3n) is 6.20. The van der Waals surface area contributed by atoms with Crippen LogP contribution in [0.25, 0.3) is 10.8 Å². The second kappa shape index (κ2) is 12.1. The van der Waals surface area contributed by atoms with Gasteiger partial charge in [-0.1, -0.05) is 35.0 Å². The molecule has 0 saturated carbocycles. The summed E-state index contributed by atoms with van der Waals surface area (Å²) in [5.41, 5.74) is 6.40. The molecule has 0 aliphatic carbocycles. The number of amides is 1. The van der Waals surface area contributed by atoms with Crippen molar-refractivity contribution in [2.24, 2.45) is 10.9 Å². The van der Waals surface area contributed by atoms with Crippen molar-refractivity contribution in [2.75, 3.05) is 32.8 Å². The van der Waals surface area contributed by atoms with Gasteiger partial charge in [-0.2, -0.15) is 0 Å². The van der Waals surface area contributed by atoms with Gasteiger partial charge in [-0.3, -0.25) is 4.79 Å². The molecule has 1 amide bonds. The van der Waals surface area contributed by atoms with Crippen LogP contribution in [0.3, 0.4) is 0 Å². The Hall–Kier alpha value is -3.36. The molecular weight excluding hydrogens is 485 g/mol. The highest BCUT2D eigenvalue weighted by atomic mass is 35.5. The molecule has 7 nitrogen and oxygen atoms in total. The molecule has 2 heterocycles. The van der Waals surface area contributed by atoms with Gasteiger partial charge in [0.15, 0.2) is 23.0 Å². The first-order valence-corrected chi connectivity index (χ1v) is 12.3. The van der Waals surface area contributed by atoms with Crippen molar-refractivity contribution in [3.05, 3.63) is 70.5 Å². The van der Waals surface area contributed by atoms with Gasteiger partial charge >= 0.3 is 0 Å². The largest absolute Gasteiger partial charge is 0.486 e. The second-order valence-corrected chi connectivity index (χ2v) is 9.21. The van der Waals surface area contributed by atoms with E-state index in [-0.39, 0.29) is 17.3 Å². The van der Waals surface area contributed by atoms with Crippen LogP contribution in [0, 0.1) is 5.82 Å². The minimum atomic E-state index is -0.777. The standard InChI is InChI=1S/C15H20FNO2.C12H9ClN2O2/c16-13-10-12(4-3-7-17-5-1-2-6-17)11-14-15(13)19-9-8-18-14;13-10-4-3-7-5-9(2-1-8(7)6-10)11(15-17)12(14)16/h10-11H,1-9H2;1-6,17H,(H2,14,16)/b;15-11+. The van der Waals surface area contributed by atoms with Crippen molar-refractivity contribution in [1.29, 1.82) is 0 Å². The van der Waals surface area contributed by atoms with E-state index in [0.717, 1.165) is 35.7 Å². The maximum atomic E-state index is 13.8. The van der Waals surface area contributed by atoms with Crippen molar-refractivity contribution in [2.45, 2.75) is 25.7 Å². The number of oxime groups is 1. The quantitative estimate of drug-likeness (QED) is 0.281. The molecule has 0 spiro atoms. The number of likely N-dealkylation sites (tertiary alicyclic amines) is 1. The predicted octanol–water partition coefficient (Wildman–Crippen LogP) is 4.78. The number of ether oxygens (including phenoxy) is 2. The number of benzene rings is 3. The minimum Gasteiger partial charge on any atom is -0.486 e. The van der Waals surface area contributed by atoms with E-state index in [0.29, 0.717) is 29.5 Å². The highest BCUT2D eigenvalue weighted by Gasteiger charge is 2.18. The summed E-state index contributed by atoms with van der Waals surface area (Å²) in [6.45, 7) is 4.48. The number of primary amides is 1. The van der Waals surface area contributed by atoms with Gasteiger partial charge in [0.25, 0.3) is 5.91 Å². The van der Waals surface area contributed by atoms with Crippen LogP contribution in [-0.4, -0.2) is 54.6 Å². The molecule has 0 unspecified atom stereocenters. The summed E-state index contributed by atoms with van der Waals surface area (Å²) >= 11 is 5.86. The molecule has 36 heavy (non-hydrogen) atoms. The third kappa shape index (κ3) is 6.44. The summed E-state index contributed by atoms with van der Waals surface area (Å²) in [6.07, 6.45) is 4.60. The van der Waals surface area contributed by atoms with Crippen LogP contribution < -0.4 is 15.2 Å². The monoisotopic (exact) mass is 513 g/mol. The van der Waals surface area contributed by atoms with E-state index in [1.54, 1.807) is 36.4 Å². The van der Waals surface area contributed by atoms with Crippen LogP contribution in [-0.2, 0) is 11.2 Å². The van der Waals surface area contributed by atoms with Gasteiger partial charge in [0.1, 0.15) is 13.2 Å². The molecule has 3 N–H and O–H groups in total. The number of carbonyl (C=O) groups excluding carboxylic acids is 1. The van der Waals surface area contributed by atoms with E-state index in [1.807, 2.05) is 12.1 Å². The van der Waals surface area contributed by atoms with Gasteiger partial charge in [-0.15, -0.1) is 0 Å². The van der Waals surface area contributed by atoms with E-state index >= 15 is 0 Å². The number of aryl methyl sites for hydroxylation is 1. The van der Waals surface area contributed by atoms with Crippen molar-refractivity contribution in [3.63, 3.8) is 0 Å². The summed E-state index contributed by atoms with van der Waals surface area (Å²) in [6, 6.07) is 14.0. The number of fused-ring (bicyclic) bond motifs is 2. The SMILES string of the molecule is Fc1cc(CCCN2CCCC2)cc2c1OCCO2.NC(=O)/C(=N/O)c1ccc2cc(Cl)ccc2c1. The molecular formula is C27H29ClFN3O4. The van der Waals surface area contributed by atoms with Crippen LogP contribution in [0.2, 0.25) is 5.02 Å². The summed E-state index contributed by atoms with van der Waals surface area (Å²) in [7, 11) is 0. The van der Waals surface area contributed by atoms with Crippen LogP contribution in [0.15, 0.2) is 53.7 Å². The van der Waals surface area contributed by atoms with Crippen LogP contribution in [0.5, 0.6) is 11.5 Å². The summed E-state index contributed by atoms with van der Waals surface area (Å²) in [4.78, 5) is 13.5. The molecule has 5 rings (SSSR count). The van der Waals surface area contributed by atoms with Crippen molar-refractivity contribution in [1.82, 2.24) is 4.90 Å². The fourth-order valence-corrected chi connectivity index (χ4v) is 4.62. The molecule has 9 heteroatoms. The molecule has 3 aromatic carbocycles. The molecule has 0 bridgehead atoms. The van der Waals surface area contributed by atoms with E-state index in [4.69, 9.17) is 32.0 Å². The highest BCUT2D eigenvalue weighted by Crippen LogP contribution is 2.34. The second-order valence-electron chi connectivity index (χ2n) is 8.77. The zero-order valence-electron chi connectivity index (χ0n) is 19.9. The molecule has 190 valence electrons. The minimum absolute atomic E-state index is 0.165. The molecule has 3 aromatic rings. The zero-order chi connectivity index (χ0) is 25.5. The fraction of sp³-hybridized carbons (Fsp3) is 0.333. The first-order chi connectivity index (χ1) is 17.4. The Morgan fingerprint density at radius 3 is 2.53 bits per heavy atom. The summed E-state index contributed by atoms with van der Waals surface area (Å²) in [5, 5.41) is 14.1. The maximum Gasteiger partial charge on any atom is 0.271 e. The number of carbonyl (C=O) groups is 1. The summed E-state index contributed by atoms with van der Waals surface area (Å²) < 4.78 is 24.6. The van der Waals surface area contributed by atoms with Crippen molar-refractivity contribution >= 4 is 34.0 Å². The lowest BCUT2D eigenvalue weighted by Crippen LogP contribution is -2.24. The Morgan fingerprint density at radius 2 is 1.78 bits per heavy atom. The number of nitrogens with two attached hydrogens (primary N) is 1. The first-order valence-electron chi connectivity index (χ1n) is 12.0. The third-order valence-corrected chi connectivity index (χ3v) is 6.44. The molecule has 2 aliphatic heterocycles. The van der Waals surface area contributed by atoms with E-state index in [9.17, 15) is 9.18 Å². The first kappa shape index (κ1) is 25.7. The average molecular weight is 514 g/mol. The number of hydrogen-bond donors (Lipinski definition) is 2. The Labute approximate surface area is 214 Å². The fourth-order valence-electron chi connectivity index (χ4n) is 4.43. The van der Waals surface area contributed by atoms with E-state index in [2.05, 4.69) is 10.1 Å². The lowest BCUT2D eigenvalue weighted by molar-refractivity contribution is -0.112. The Bertz CT molecular complexity index is 1260. The lowest BCUT2D eigenvalue weighted by Gasteiger charge is -2.20. The number of halogens is 2. The van der Waals surface area contributed by atoms with Crippen LogP contribution in [0.4, 0.5) is 4.39 Å². The molecule has 1 fully saturated rings.